The van der Waals surface area contributed by atoms with Crippen molar-refractivity contribution < 1.29 is 19.0 Å². The summed E-state index contributed by atoms with van der Waals surface area (Å²) < 4.78 is 18.8. The van der Waals surface area contributed by atoms with Crippen LogP contribution < -0.4 is 4.74 Å². The molecule has 0 saturated heterocycles. The van der Waals surface area contributed by atoms with E-state index in [2.05, 4.69) is 20.9 Å². The van der Waals surface area contributed by atoms with Crippen LogP contribution in [0.15, 0.2) is 41.0 Å². The number of hydrogen-bond donors (Lipinski definition) is 1. The highest BCUT2D eigenvalue weighted by atomic mass is 79.9. The quantitative estimate of drug-likeness (QED) is 0.943. The van der Waals surface area contributed by atoms with Gasteiger partial charge in [0.15, 0.2) is 0 Å². The number of carbonyl (C=O) groups is 1. The van der Waals surface area contributed by atoms with E-state index in [4.69, 9.17) is 9.84 Å². The van der Waals surface area contributed by atoms with Crippen LogP contribution in [0, 0.1) is 5.82 Å². The molecular formula is C12H7BrFNO3. The third kappa shape index (κ3) is 2.65. The Labute approximate surface area is 110 Å². The number of halogens is 2. The number of rotatable bonds is 3. The van der Waals surface area contributed by atoms with Gasteiger partial charge in [-0.1, -0.05) is 0 Å². The number of hydrogen-bond acceptors (Lipinski definition) is 3. The lowest BCUT2D eigenvalue weighted by Crippen LogP contribution is -2.01. The highest BCUT2D eigenvalue weighted by Gasteiger charge is 2.13. The maximum absolute atomic E-state index is 13.3. The summed E-state index contributed by atoms with van der Waals surface area (Å²) in [5.74, 6) is -1.56. The van der Waals surface area contributed by atoms with E-state index >= 15 is 0 Å². The summed E-state index contributed by atoms with van der Waals surface area (Å²) in [6.07, 6.45) is 1.40. The lowest BCUT2D eigenvalue weighted by molar-refractivity contribution is 0.0693. The van der Waals surface area contributed by atoms with Crippen LogP contribution in [0.1, 0.15) is 10.4 Å². The Bertz CT molecular complexity index is 604. The largest absolute Gasteiger partial charge is 0.477 e. The monoisotopic (exact) mass is 311 g/mol. The van der Waals surface area contributed by atoms with Crippen LogP contribution in [0.3, 0.4) is 0 Å². The normalized spacial score (nSPS) is 10.1. The molecule has 18 heavy (non-hydrogen) atoms. The number of pyridine rings is 1. The minimum Gasteiger partial charge on any atom is -0.477 e. The predicted molar refractivity (Wildman–Crippen MR) is 65.4 cm³/mol. The minimum absolute atomic E-state index is 0.0771. The summed E-state index contributed by atoms with van der Waals surface area (Å²) in [7, 11) is 0. The van der Waals surface area contributed by atoms with Crippen LogP contribution in [-0.4, -0.2) is 16.1 Å². The lowest BCUT2D eigenvalue weighted by atomic mass is 10.3. The summed E-state index contributed by atoms with van der Waals surface area (Å²) in [5.41, 5.74) is -0.0826. The fourth-order valence-corrected chi connectivity index (χ4v) is 1.53. The lowest BCUT2D eigenvalue weighted by Gasteiger charge is -2.07. The van der Waals surface area contributed by atoms with E-state index < -0.39 is 11.8 Å². The van der Waals surface area contributed by atoms with E-state index in [0.717, 1.165) is 6.07 Å². The van der Waals surface area contributed by atoms with Crippen molar-refractivity contribution >= 4 is 21.9 Å². The van der Waals surface area contributed by atoms with Gasteiger partial charge in [0, 0.05) is 12.3 Å². The van der Waals surface area contributed by atoms with Crippen LogP contribution >= 0.6 is 15.9 Å². The van der Waals surface area contributed by atoms with Gasteiger partial charge >= 0.3 is 5.97 Å². The molecule has 0 aliphatic rings. The van der Waals surface area contributed by atoms with Crippen molar-refractivity contribution in [3.05, 3.63) is 52.4 Å². The van der Waals surface area contributed by atoms with Gasteiger partial charge in [0.25, 0.3) is 0 Å². The highest BCUT2D eigenvalue weighted by Crippen LogP contribution is 2.26. The SMILES string of the molecule is O=C(O)c1cccnc1Oc1ccc(Br)c(F)c1. The zero-order valence-corrected chi connectivity index (χ0v) is 10.5. The summed E-state index contributed by atoms with van der Waals surface area (Å²) in [6.45, 7) is 0. The van der Waals surface area contributed by atoms with Crippen molar-refractivity contribution in [2.75, 3.05) is 0 Å². The van der Waals surface area contributed by atoms with Crippen molar-refractivity contribution in [2.24, 2.45) is 0 Å². The van der Waals surface area contributed by atoms with Gasteiger partial charge in [0.1, 0.15) is 17.1 Å². The number of benzene rings is 1. The third-order valence-corrected chi connectivity index (χ3v) is 2.75. The summed E-state index contributed by atoms with van der Waals surface area (Å²) in [6, 6.07) is 6.96. The van der Waals surface area contributed by atoms with Crippen LogP contribution in [0.4, 0.5) is 4.39 Å². The summed E-state index contributed by atoms with van der Waals surface area (Å²) in [4.78, 5) is 14.7. The van der Waals surface area contributed by atoms with Crippen LogP contribution in [0.2, 0.25) is 0 Å². The Kier molecular flexibility index (Phi) is 3.57. The van der Waals surface area contributed by atoms with E-state index in [9.17, 15) is 9.18 Å². The van der Waals surface area contributed by atoms with Gasteiger partial charge in [-0.25, -0.2) is 14.2 Å². The van der Waals surface area contributed by atoms with Gasteiger partial charge in [0.2, 0.25) is 5.88 Å². The van der Waals surface area contributed by atoms with Crippen molar-refractivity contribution in [3.8, 4) is 11.6 Å². The Morgan fingerprint density at radius 1 is 1.39 bits per heavy atom. The molecule has 0 amide bonds. The molecule has 0 bridgehead atoms. The second-order valence-corrected chi connectivity index (χ2v) is 4.19. The van der Waals surface area contributed by atoms with Crippen molar-refractivity contribution in [1.29, 1.82) is 0 Å². The molecule has 0 saturated carbocycles. The maximum atomic E-state index is 13.3. The fourth-order valence-electron chi connectivity index (χ4n) is 1.29. The number of aromatic nitrogens is 1. The predicted octanol–water partition coefficient (Wildman–Crippen LogP) is 3.47. The van der Waals surface area contributed by atoms with E-state index in [1.807, 2.05) is 0 Å². The molecule has 0 atom stereocenters. The molecule has 0 aliphatic carbocycles. The van der Waals surface area contributed by atoms with Gasteiger partial charge in [-0.3, -0.25) is 0 Å². The van der Waals surface area contributed by atoms with Gasteiger partial charge in [-0.05, 0) is 40.2 Å². The molecule has 2 aromatic rings. The molecule has 2 rings (SSSR count). The second-order valence-electron chi connectivity index (χ2n) is 3.34. The molecule has 0 spiro atoms. The van der Waals surface area contributed by atoms with Gasteiger partial charge in [-0.15, -0.1) is 0 Å². The molecule has 0 fully saturated rings. The van der Waals surface area contributed by atoms with Crippen LogP contribution in [0.25, 0.3) is 0 Å². The molecule has 92 valence electrons. The van der Waals surface area contributed by atoms with Gasteiger partial charge in [-0.2, -0.15) is 0 Å². The molecule has 1 aromatic heterocycles. The van der Waals surface area contributed by atoms with Gasteiger partial charge in [0.05, 0.1) is 4.47 Å². The standard InChI is InChI=1S/C12H7BrFNO3/c13-9-4-3-7(6-10(9)14)18-11-8(12(16)17)2-1-5-15-11/h1-6H,(H,16,17). The molecule has 1 aromatic carbocycles. The van der Waals surface area contributed by atoms with Gasteiger partial charge < -0.3 is 9.84 Å². The number of carboxylic acids is 1. The zero-order valence-electron chi connectivity index (χ0n) is 8.93. The smallest absolute Gasteiger partial charge is 0.341 e. The first-order valence-corrected chi connectivity index (χ1v) is 5.68. The van der Waals surface area contributed by atoms with Crippen molar-refractivity contribution in [1.82, 2.24) is 4.98 Å². The average Bonchev–Trinajstić information content (AvgIpc) is 2.34. The van der Waals surface area contributed by atoms with E-state index in [-0.39, 0.29) is 17.2 Å². The minimum atomic E-state index is -1.16. The Hall–Kier alpha value is -1.95. The highest BCUT2D eigenvalue weighted by molar-refractivity contribution is 9.10. The zero-order chi connectivity index (χ0) is 13.1. The molecule has 4 nitrogen and oxygen atoms in total. The van der Waals surface area contributed by atoms with E-state index in [1.165, 1.54) is 30.5 Å². The Morgan fingerprint density at radius 3 is 2.83 bits per heavy atom. The summed E-state index contributed by atoms with van der Waals surface area (Å²) in [5, 5.41) is 8.94. The van der Waals surface area contributed by atoms with E-state index in [0.29, 0.717) is 4.47 Å². The van der Waals surface area contributed by atoms with Crippen molar-refractivity contribution in [2.45, 2.75) is 0 Å². The third-order valence-electron chi connectivity index (χ3n) is 2.11. The molecule has 1 N–H and O–H groups in total. The number of ether oxygens (including phenoxy) is 1. The van der Waals surface area contributed by atoms with Crippen LogP contribution in [0.5, 0.6) is 11.6 Å². The Morgan fingerprint density at radius 2 is 2.17 bits per heavy atom. The topological polar surface area (TPSA) is 59.4 Å². The molecule has 0 radical (unpaired) electrons. The number of aromatic carboxylic acids is 1. The first-order chi connectivity index (χ1) is 8.58. The fraction of sp³-hybridized carbons (Fsp3) is 0. The molecule has 1 heterocycles. The molecular weight excluding hydrogens is 305 g/mol. The van der Waals surface area contributed by atoms with Crippen LogP contribution in [-0.2, 0) is 0 Å². The second kappa shape index (κ2) is 5.14. The van der Waals surface area contributed by atoms with Crippen molar-refractivity contribution in [3.63, 3.8) is 0 Å². The average molecular weight is 312 g/mol. The molecule has 6 heteroatoms. The number of carboxylic acid groups (broad SMARTS) is 1. The number of nitrogens with zero attached hydrogens (tertiary/aromatic N) is 1. The Balaban J connectivity index is 2.34. The molecule has 0 unspecified atom stereocenters. The first-order valence-electron chi connectivity index (χ1n) is 4.89. The molecule has 0 aliphatic heterocycles. The van der Waals surface area contributed by atoms with E-state index in [1.54, 1.807) is 0 Å². The first kappa shape index (κ1) is 12.5. The maximum Gasteiger partial charge on any atom is 0.341 e. The summed E-state index contributed by atoms with van der Waals surface area (Å²) >= 11 is 3.01.